The minimum absolute atomic E-state index is 0.303. The lowest BCUT2D eigenvalue weighted by Crippen LogP contribution is -2.37. The highest BCUT2D eigenvalue weighted by Gasteiger charge is 2.20. The fourth-order valence-corrected chi connectivity index (χ4v) is 2.67. The van der Waals surface area contributed by atoms with Gasteiger partial charge in [-0.2, -0.15) is 0 Å². The highest BCUT2D eigenvalue weighted by atomic mass is 79.9. The molecule has 0 spiro atoms. The second kappa shape index (κ2) is 9.00. The molecular formula is C16H24BrNO4. The Bertz CT molecular complexity index is 505. The first-order valence-electron chi connectivity index (χ1n) is 7.34. The number of carboxylic acids is 1. The van der Waals surface area contributed by atoms with Crippen molar-refractivity contribution in [2.45, 2.75) is 39.8 Å². The van der Waals surface area contributed by atoms with E-state index in [4.69, 9.17) is 9.47 Å². The average molecular weight is 374 g/mol. The van der Waals surface area contributed by atoms with Crippen molar-refractivity contribution in [2.75, 3.05) is 13.7 Å². The summed E-state index contributed by atoms with van der Waals surface area (Å²) in [7, 11) is 1.58. The minimum Gasteiger partial charge on any atom is -0.493 e. The summed E-state index contributed by atoms with van der Waals surface area (Å²) in [5.41, 5.74) is 0.864. The topological polar surface area (TPSA) is 67.8 Å². The quantitative estimate of drug-likeness (QED) is 0.693. The van der Waals surface area contributed by atoms with Gasteiger partial charge in [0.1, 0.15) is 6.04 Å². The van der Waals surface area contributed by atoms with Crippen LogP contribution in [0.2, 0.25) is 0 Å². The lowest BCUT2D eigenvalue weighted by atomic mass is 10.0. The van der Waals surface area contributed by atoms with E-state index in [0.717, 1.165) is 10.0 Å². The van der Waals surface area contributed by atoms with Crippen LogP contribution in [-0.2, 0) is 11.3 Å². The standard InChI is InChI=1S/C16H24BrNO4/c1-5-22-15-11(7-12(17)8-14(15)21-4)9-18-13(16(19)20)6-10(2)3/h7-8,10,13,18H,5-6,9H2,1-4H3,(H,19,20). The highest BCUT2D eigenvalue weighted by Crippen LogP contribution is 2.35. The zero-order valence-corrected chi connectivity index (χ0v) is 15.1. The second-order valence-electron chi connectivity index (χ2n) is 5.43. The number of hydrogen-bond donors (Lipinski definition) is 2. The van der Waals surface area contributed by atoms with Gasteiger partial charge in [-0.15, -0.1) is 0 Å². The zero-order chi connectivity index (χ0) is 16.7. The van der Waals surface area contributed by atoms with Gasteiger partial charge < -0.3 is 19.9 Å². The molecule has 1 rings (SSSR count). The van der Waals surface area contributed by atoms with Gasteiger partial charge in [0.15, 0.2) is 11.5 Å². The summed E-state index contributed by atoms with van der Waals surface area (Å²) in [6.07, 6.45) is 0.574. The van der Waals surface area contributed by atoms with E-state index in [0.29, 0.717) is 37.0 Å². The molecule has 6 heteroatoms. The SMILES string of the molecule is CCOc1c(CNC(CC(C)C)C(=O)O)cc(Br)cc1OC. The van der Waals surface area contributed by atoms with Gasteiger partial charge >= 0.3 is 5.97 Å². The summed E-state index contributed by atoms with van der Waals surface area (Å²) >= 11 is 3.44. The van der Waals surface area contributed by atoms with Crippen LogP contribution in [0, 0.1) is 5.92 Å². The number of carbonyl (C=O) groups is 1. The highest BCUT2D eigenvalue weighted by molar-refractivity contribution is 9.10. The van der Waals surface area contributed by atoms with Gasteiger partial charge in [-0.05, 0) is 31.4 Å². The van der Waals surface area contributed by atoms with Crippen LogP contribution in [0.1, 0.15) is 32.8 Å². The monoisotopic (exact) mass is 373 g/mol. The third kappa shape index (κ3) is 5.50. The maximum absolute atomic E-state index is 11.3. The number of ether oxygens (including phenoxy) is 2. The van der Waals surface area contributed by atoms with Crippen molar-refractivity contribution in [3.63, 3.8) is 0 Å². The predicted molar refractivity (Wildman–Crippen MR) is 89.6 cm³/mol. The molecule has 2 N–H and O–H groups in total. The molecular weight excluding hydrogens is 350 g/mol. The molecule has 0 aliphatic carbocycles. The van der Waals surface area contributed by atoms with E-state index in [1.165, 1.54) is 0 Å². The molecule has 0 heterocycles. The molecule has 1 unspecified atom stereocenters. The number of rotatable bonds is 9. The van der Waals surface area contributed by atoms with Crippen LogP contribution in [0.5, 0.6) is 11.5 Å². The van der Waals surface area contributed by atoms with E-state index in [1.807, 2.05) is 32.9 Å². The fourth-order valence-electron chi connectivity index (χ4n) is 2.19. The third-order valence-corrected chi connectivity index (χ3v) is 3.61. The van der Waals surface area contributed by atoms with Gasteiger partial charge in [-0.25, -0.2) is 0 Å². The number of carboxylic acid groups (broad SMARTS) is 1. The molecule has 0 saturated heterocycles. The number of aliphatic carboxylic acids is 1. The Morgan fingerprint density at radius 3 is 2.59 bits per heavy atom. The van der Waals surface area contributed by atoms with Gasteiger partial charge in [-0.1, -0.05) is 29.8 Å². The van der Waals surface area contributed by atoms with Crippen LogP contribution in [0.4, 0.5) is 0 Å². The molecule has 124 valence electrons. The molecule has 1 aromatic rings. The summed E-state index contributed by atoms with van der Waals surface area (Å²) in [6, 6.07) is 3.16. The van der Waals surface area contributed by atoms with E-state index in [9.17, 15) is 9.90 Å². The maximum atomic E-state index is 11.3. The van der Waals surface area contributed by atoms with Gasteiger partial charge in [-0.3, -0.25) is 4.79 Å². The predicted octanol–water partition coefficient (Wildman–Crippen LogP) is 3.45. The molecule has 0 radical (unpaired) electrons. The first kappa shape index (κ1) is 18.8. The lowest BCUT2D eigenvalue weighted by Gasteiger charge is -2.19. The van der Waals surface area contributed by atoms with Gasteiger partial charge in [0.2, 0.25) is 0 Å². The van der Waals surface area contributed by atoms with Crippen molar-refractivity contribution < 1.29 is 19.4 Å². The van der Waals surface area contributed by atoms with E-state index in [-0.39, 0.29) is 0 Å². The third-order valence-electron chi connectivity index (χ3n) is 3.15. The first-order valence-corrected chi connectivity index (χ1v) is 8.13. The van der Waals surface area contributed by atoms with Gasteiger partial charge in [0.25, 0.3) is 0 Å². The van der Waals surface area contributed by atoms with Crippen LogP contribution < -0.4 is 14.8 Å². The van der Waals surface area contributed by atoms with E-state index < -0.39 is 12.0 Å². The Morgan fingerprint density at radius 1 is 1.41 bits per heavy atom. The number of methoxy groups -OCH3 is 1. The summed E-state index contributed by atoms with van der Waals surface area (Å²) in [5, 5.41) is 12.4. The molecule has 5 nitrogen and oxygen atoms in total. The van der Waals surface area contributed by atoms with Crippen LogP contribution in [0.25, 0.3) is 0 Å². The van der Waals surface area contributed by atoms with Gasteiger partial charge in [0.05, 0.1) is 13.7 Å². The van der Waals surface area contributed by atoms with Crippen LogP contribution in [-0.4, -0.2) is 30.8 Å². The smallest absolute Gasteiger partial charge is 0.320 e. The van der Waals surface area contributed by atoms with E-state index in [1.54, 1.807) is 7.11 Å². The Balaban J connectivity index is 2.95. The molecule has 0 amide bonds. The number of benzene rings is 1. The van der Waals surface area contributed by atoms with Crippen LogP contribution in [0.15, 0.2) is 16.6 Å². The average Bonchev–Trinajstić information content (AvgIpc) is 2.44. The van der Waals surface area contributed by atoms with E-state index >= 15 is 0 Å². The van der Waals surface area contributed by atoms with Crippen molar-refractivity contribution in [3.05, 3.63) is 22.2 Å². The van der Waals surface area contributed by atoms with Crippen molar-refractivity contribution in [1.82, 2.24) is 5.32 Å². The molecule has 0 aliphatic heterocycles. The largest absolute Gasteiger partial charge is 0.493 e. The summed E-state index contributed by atoms with van der Waals surface area (Å²) in [6.45, 7) is 6.82. The first-order chi connectivity index (χ1) is 10.4. The zero-order valence-electron chi connectivity index (χ0n) is 13.5. The number of hydrogen-bond acceptors (Lipinski definition) is 4. The molecule has 0 saturated carbocycles. The minimum atomic E-state index is -0.839. The molecule has 0 bridgehead atoms. The summed E-state index contributed by atoms with van der Waals surface area (Å²) < 4.78 is 11.9. The number of halogens is 1. The molecule has 1 aromatic carbocycles. The summed E-state index contributed by atoms with van der Waals surface area (Å²) in [5.74, 6) is 0.740. The Kier molecular flexibility index (Phi) is 7.68. The van der Waals surface area contributed by atoms with Crippen LogP contribution in [0.3, 0.4) is 0 Å². The molecule has 1 atom stereocenters. The van der Waals surface area contributed by atoms with Crippen molar-refractivity contribution in [1.29, 1.82) is 0 Å². The molecule has 22 heavy (non-hydrogen) atoms. The summed E-state index contributed by atoms with van der Waals surface area (Å²) in [4.78, 5) is 11.3. The van der Waals surface area contributed by atoms with E-state index in [2.05, 4.69) is 21.2 Å². The molecule has 0 aliphatic rings. The van der Waals surface area contributed by atoms with Crippen LogP contribution >= 0.6 is 15.9 Å². The number of nitrogens with one attached hydrogen (secondary N) is 1. The normalized spacial score (nSPS) is 12.3. The Labute approximate surface area is 140 Å². The second-order valence-corrected chi connectivity index (χ2v) is 6.35. The maximum Gasteiger partial charge on any atom is 0.320 e. The van der Waals surface area contributed by atoms with Crippen molar-refractivity contribution in [3.8, 4) is 11.5 Å². The Morgan fingerprint density at radius 2 is 2.09 bits per heavy atom. The molecule has 0 aromatic heterocycles. The lowest BCUT2D eigenvalue weighted by molar-refractivity contribution is -0.140. The Hall–Kier alpha value is -1.27. The van der Waals surface area contributed by atoms with Crippen molar-refractivity contribution in [2.24, 2.45) is 5.92 Å². The van der Waals surface area contributed by atoms with Gasteiger partial charge in [0, 0.05) is 16.6 Å². The van der Waals surface area contributed by atoms with Crippen molar-refractivity contribution >= 4 is 21.9 Å². The molecule has 0 fully saturated rings. The fraction of sp³-hybridized carbons (Fsp3) is 0.562.